The Bertz CT molecular complexity index is 1450. The molecule has 0 unspecified atom stereocenters. The quantitative estimate of drug-likeness (QED) is 0.298. The summed E-state index contributed by atoms with van der Waals surface area (Å²) in [5, 5.41) is -0.330. The van der Waals surface area contributed by atoms with Gasteiger partial charge < -0.3 is 28.6 Å². The molecule has 0 amide bonds. The smallest absolute Gasteiger partial charge is 0.203 e. The number of nitrogens with zero attached hydrogens (tertiary/aromatic N) is 3. The number of aromatic nitrogens is 1. The van der Waals surface area contributed by atoms with Crippen molar-refractivity contribution in [3.05, 3.63) is 63.5 Å². The van der Waals surface area contributed by atoms with Crippen molar-refractivity contribution in [2.45, 2.75) is 6.54 Å². The SMILES string of the molecule is COc1cc(C=CC(=O)c2cn(CCF)c3c(F)c(N4CCN(C)CC4)c(F)cc3c2=O)cc(OC)c1OC. The Kier molecular flexibility index (Phi) is 8.49. The van der Waals surface area contributed by atoms with Crippen LogP contribution < -0.4 is 24.5 Å². The highest BCUT2D eigenvalue weighted by Crippen LogP contribution is 2.38. The van der Waals surface area contributed by atoms with Crippen LogP contribution in [-0.2, 0) is 6.54 Å². The fraction of sp³-hybridized carbons (Fsp3) is 0.357. The van der Waals surface area contributed by atoms with Crippen LogP contribution in [0.15, 0.2) is 35.3 Å². The Hall–Kier alpha value is -3.99. The minimum Gasteiger partial charge on any atom is -0.493 e. The molecule has 1 aromatic heterocycles. The van der Waals surface area contributed by atoms with Crippen LogP contribution in [-0.4, -0.2) is 76.5 Å². The summed E-state index contributed by atoms with van der Waals surface area (Å²) in [4.78, 5) is 30.0. The number of alkyl halides is 1. The van der Waals surface area contributed by atoms with Gasteiger partial charge in [-0.05, 0) is 36.9 Å². The van der Waals surface area contributed by atoms with Gasteiger partial charge in [0.25, 0.3) is 0 Å². The molecule has 0 radical (unpaired) electrons. The standard InChI is InChI=1S/C28H30F3N3O5/c1-32-9-11-33(12-10-32)26-20(30)15-18-25(24(26)31)34(8-7-29)16-19(27(18)36)21(35)6-5-17-13-22(37-2)28(39-4)23(14-17)38-3/h5-6,13-16H,7-12H2,1-4H3. The average molecular weight is 546 g/mol. The maximum atomic E-state index is 15.8. The molecule has 0 bridgehead atoms. The highest BCUT2D eigenvalue weighted by atomic mass is 19.1. The fourth-order valence-corrected chi connectivity index (χ4v) is 4.70. The number of piperazine rings is 1. The van der Waals surface area contributed by atoms with E-state index in [0.717, 1.165) is 22.9 Å². The summed E-state index contributed by atoms with van der Waals surface area (Å²) < 4.78 is 61.5. The van der Waals surface area contributed by atoms with Gasteiger partial charge in [-0.25, -0.2) is 13.2 Å². The molecular weight excluding hydrogens is 515 g/mol. The monoisotopic (exact) mass is 545 g/mol. The number of ether oxygens (including phenoxy) is 3. The lowest BCUT2D eigenvalue weighted by molar-refractivity contribution is 0.104. The number of allylic oxidation sites excluding steroid dienone is 1. The molecule has 39 heavy (non-hydrogen) atoms. The summed E-state index contributed by atoms with van der Waals surface area (Å²) in [7, 11) is 6.27. The fourth-order valence-electron chi connectivity index (χ4n) is 4.70. The zero-order valence-electron chi connectivity index (χ0n) is 22.2. The van der Waals surface area contributed by atoms with Crippen LogP contribution in [0.1, 0.15) is 15.9 Å². The zero-order valence-corrected chi connectivity index (χ0v) is 22.2. The highest BCUT2D eigenvalue weighted by Gasteiger charge is 2.26. The lowest BCUT2D eigenvalue weighted by Gasteiger charge is -2.34. The molecule has 208 valence electrons. The number of pyridine rings is 1. The zero-order chi connectivity index (χ0) is 28.3. The molecule has 8 nitrogen and oxygen atoms in total. The van der Waals surface area contributed by atoms with E-state index < -0.39 is 29.5 Å². The number of anilines is 1. The molecule has 1 aliphatic heterocycles. The molecule has 1 saturated heterocycles. The van der Waals surface area contributed by atoms with Crippen LogP contribution in [0.2, 0.25) is 0 Å². The Morgan fingerprint density at radius 1 is 1.00 bits per heavy atom. The number of halogens is 3. The van der Waals surface area contributed by atoms with E-state index in [1.807, 2.05) is 11.9 Å². The Labute approximate surface area is 223 Å². The van der Waals surface area contributed by atoms with Gasteiger partial charge in [0.1, 0.15) is 18.2 Å². The largest absolute Gasteiger partial charge is 0.493 e. The molecule has 0 atom stereocenters. The number of rotatable bonds is 9. The first-order valence-electron chi connectivity index (χ1n) is 12.3. The van der Waals surface area contributed by atoms with Crippen molar-refractivity contribution in [3.8, 4) is 17.2 Å². The van der Waals surface area contributed by atoms with Crippen molar-refractivity contribution in [1.82, 2.24) is 9.47 Å². The number of ketones is 1. The minimum atomic E-state index is -0.952. The number of carbonyl (C=O) groups excluding carboxylic acids is 1. The van der Waals surface area contributed by atoms with Gasteiger partial charge in [-0.1, -0.05) is 6.08 Å². The van der Waals surface area contributed by atoms with Crippen molar-refractivity contribution in [3.63, 3.8) is 0 Å². The second-order valence-electron chi connectivity index (χ2n) is 9.12. The molecule has 2 aromatic carbocycles. The number of fused-ring (bicyclic) bond motifs is 1. The minimum absolute atomic E-state index is 0.238. The topological polar surface area (TPSA) is 73.2 Å². The highest BCUT2D eigenvalue weighted by molar-refractivity contribution is 6.08. The molecule has 1 aliphatic rings. The van der Waals surface area contributed by atoms with Gasteiger partial charge in [-0.15, -0.1) is 0 Å². The van der Waals surface area contributed by atoms with Crippen LogP contribution >= 0.6 is 0 Å². The van der Waals surface area contributed by atoms with E-state index in [1.54, 1.807) is 17.0 Å². The maximum Gasteiger partial charge on any atom is 0.203 e. The average Bonchev–Trinajstić information content (AvgIpc) is 2.93. The molecule has 3 aromatic rings. The molecule has 2 heterocycles. The van der Waals surface area contributed by atoms with Gasteiger partial charge in [-0.2, -0.15) is 0 Å². The summed E-state index contributed by atoms with van der Waals surface area (Å²) in [6.45, 7) is 0.808. The first-order chi connectivity index (χ1) is 18.7. The van der Waals surface area contributed by atoms with Gasteiger partial charge in [0.2, 0.25) is 11.2 Å². The number of methoxy groups -OCH3 is 3. The third-order valence-corrected chi connectivity index (χ3v) is 6.75. The second-order valence-corrected chi connectivity index (χ2v) is 9.12. The Morgan fingerprint density at radius 2 is 1.64 bits per heavy atom. The van der Waals surface area contributed by atoms with Crippen LogP contribution in [0.4, 0.5) is 18.9 Å². The lowest BCUT2D eigenvalue weighted by Crippen LogP contribution is -2.45. The van der Waals surface area contributed by atoms with E-state index >= 15 is 8.78 Å². The molecule has 11 heteroatoms. The normalized spacial score (nSPS) is 14.3. The van der Waals surface area contributed by atoms with Crippen molar-refractivity contribution in [2.24, 2.45) is 0 Å². The molecule has 1 fully saturated rings. The van der Waals surface area contributed by atoms with E-state index in [9.17, 15) is 14.0 Å². The second kappa shape index (κ2) is 11.8. The summed E-state index contributed by atoms with van der Waals surface area (Å²) in [5.74, 6) is -1.48. The van der Waals surface area contributed by atoms with Gasteiger partial charge >= 0.3 is 0 Å². The van der Waals surface area contributed by atoms with Gasteiger partial charge in [0.15, 0.2) is 23.1 Å². The lowest BCUT2D eigenvalue weighted by atomic mass is 10.0. The molecule has 4 rings (SSSR count). The summed E-state index contributed by atoms with van der Waals surface area (Å²) in [6, 6.07) is 4.15. The number of likely N-dealkylation sites (N-methyl/N-ethyl adjacent to an activating group) is 1. The van der Waals surface area contributed by atoms with E-state index in [0.29, 0.717) is 49.0 Å². The van der Waals surface area contributed by atoms with Crippen molar-refractivity contribution < 1.29 is 32.2 Å². The van der Waals surface area contributed by atoms with Gasteiger partial charge in [-0.3, -0.25) is 9.59 Å². The van der Waals surface area contributed by atoms with Gasteiger partial charge in [0.05, 0.1) is 44.3 Å². The Balaban J connectivity index is 1.78. The van der Waals surface area contributed by atoms with Crippen molar-refractivity contribution in [1.29, 1.82) is 0 Å². The van der Waals surface area contributed by atoms with E-state index in [-0.39, 0.29) is 28.7 Å². The first kappa shape index (κ1) is 28.0. The molecule has 0 aliphatic carbocycles. The van der Waals surface area contributed by atoms with E-state index in [1.165, 1.54) is 27.4 Å². The Morgan fingerprint density at radius 3 is 2.21 bits per heavy atom. The maximum absolute atomic E-state index is 15.8. The van der Waals surface area contributed by atoms with Crippen LogP contribution in [0.25, 0.3) is 17.0 Å². The molecule has 0 spiro atoms. The third-order valence-electron chi connectivity index (χ3n) is 6.75. The van der Waals surface area contributed by atoms with Crippen LogP contribution in [0.3, 0.4) is 0 Å². The van der Waals surface area contributed by atoms with Crippen LogP contribution in [0.5, 0.6) is 17.2 Å². The predicted molar refractivity (Wildman–Crippen MR) is 143 cm³/mol. The van der Waals surface area contributed by atoms with E-state index in [4.69, 9.17) is 14.2 Å². The number of hydrogen-bond acceptors (Lipinski definition) is 7. The van der Waals surface area contributed by atoms with E-state index in [2.05, 4.69) is 0 Å². The van der Waals surface area contributed by atoms with Crippen LogP contribution in [0, 0.1) is 11.6 Å². The van der Waals surface area contributed by atoms with Crippen molar-refractivity contribution in [2.75, 3.05) is 66.1 Å². The van der Waals surface area contributed by atoms with Gasteiger partial charge in [0, 0.05) is 32.4 Å². The third kappa shape index (κ3) is 5.44. The van der Waals surface area contributed by atoms with Crippen molar-refractivity contribution >= 4 is 28.4 Å². The number of carbonyl (C=O) groups is 1. The summed E-state index contributed by atoms with van der Waals surface area (Å²) >= 11 is 0. The predicted octanol–water partition coefficient (Wildman–Crippen LogP) is 3.92. The molecule has 0 N–H and O–H groups in total. The summed E-state index contributed by atoms with van der Waals surface area (Å²) in [6.07, 6.45) is 3.71. The number of aryl methyl sites for hydroxylation is 1. The number of benzene rings is 2. The first-order valence-corrected chi connectivity index (χ1v) is 12.3. The summed E-state index contributed by atoms with van der Waals surface area (Å²) in [5.41, 5.74) is -1.17. The number of hydrogen-bond donors (Lipinski definition) is 0. The molecule has 0 saturated carbocycles. The molecular formula is C28H30F3N3O5.